The summed E-state index contributed by atoms with van der Waals surface area (Å²) in [6.07, 6.45) is 7.25. The highest BCUT2D eigenvalue weighted by Gasteiger charge is 2.11. The van der Waals surface area contributed by atoms with E-state index in [2.05, 4.69) is 37.7 Å². The van der Waals surface area contributed by atoms with E-state index < -0.39 is 0 Å². The molecule has 27 heavy (non-hydrogen) atoms. The minimum absolute atomic E-state index is 0.144. The van der Waals surface area contributed by atoms with Crippen LogP contribution in [-0.4, -0.2) is 21.1 Å². The third-order valence-electron chi connectivity index (χ3n) is 4.07. The molecule has 3 aromatic heterocycles. The van der Waals surface area contributed by atoms with E-state index in [-0.39, 0.29) is 6.10 Å². The number of aromatic nitrogens is 3. The van der Waals surface area contributed by atoms with Gasteiger partial charge in [0.2, 0.25) is 0 Å². The number of nitrogens with zero attached hydrogens (tertiary/aromatic N) is 3. The summed E-state index contributed by atoms with van der Waals surface area (Å²) in [5.74, 6) is 0.788. The highest BCUT2D eigenvalue weighted by molar-refractivity contribution is 5.64. The Morgan fingerprint density at radius 1 is 0.778 bits per heavy atom. The molecule has 1 unspecified atom stereocenters. The van der Waals surface area contributed by atoms with Crippen LogP contribution >= 0.6 is 0 Å². The monoisotopic (exact) mass is 363 g/mol. The van der Waals surface area contributed by atoms with Crippen molar-refractivity contribution < 1.29 is 4.74 Å². The third-order valence-corrected chi connectivity index (χ3v) is 4.07. The normalized spacial score (nSPS) is 11.3. The Morgan fingerprint density at radius 3 is 1.67 bits per heavy atom. The van der Waals surface area contributed by atoms with Gasteiger partial charge < -0.3 is 4.74 Å². The topological polar surface area (TPSA) is 47.9 Å². The maximum atomic E-state index is 5.99. The van der Waals surface area contributed by atoms with E-state index in [4.69, 9.17) is 9.72 Å². The van der Waals surface area contributed by atoms with Crippen LogP contribution < -0.4 is 4.74 Å². The minimum Gasteiger partial charge on any atom is -0.491 e. The van der Waals surface area contributed by atoms with Gasteiger partial charge in [-0.3, -0.25) is 9.97 Å². The summed E-state index contributed by atoms with van der Waals surface area (Å²) in [4.78, 5) is 13.5. The van der Waals surface area contributed by atoms with E-state index in [9.17, 15) is 0 Å². The summed E-state index contributed by atoms with van der Waals surface area (Å²) in [7, 11) is 0. The summed E-state index contributed by atoms with van der Waals surface area (Å²) in [6.45, 7) is 8.52. The Labute approximate surface area is 162 Å². The van der Waals surface area contributed by atoms with Crippen LogP contribution in [-0.2, 0) is 0 Å². The summed E-state index contributed by atoms with van der Waals surface area (Å²) in [5, 5.41) is 0. The van der Waals surface area contributed by atoms with E-state index >= 15 is 0 Å². The molecule has 0 aromatic carbocycles. The first-order valence-electron chi connectivity index (χ1n) is 9.69. The van der Waals surface area contributed by atoms with E-state index in [0.29, 0.717) is 0 Å². The van der Waals surface area contributed by atoms with Crippen molar-refractivity contribution in [3.8, 4) is 28.5 Å². The lowest BCUT2D eigenvalue weighted by molar-refractivity contribution is 0.217. The summed E-state index contributed by atoms with van der Waals surface area (Å²) < 4.78 is 5.99. The summed E-state index contributed by atoms with van der Waals surface area (Å²) in [5.41, 5.74) is 3.21. The van der Waals surface area contributed by atoms with Crippen LogP contribution in [0, 0.1) is 0 Å². The average Bonchev–Trinajstić information content (AvgIpc) is 2.75. The molecule has 0 radical (unpaired) electrons. The van der Waals surface area contributed by atoms with Gasteiger partial charge in [0, 0.05) is 24.5 Å². The molecule has 0 spiro atoms. The second-order valence-electron chi connectivity index (χ2n) is 6.34. The van der Waals surface area contributed by atoms with Gasteiger partial charge >= 0.3 is 0 Å². The molecule has 142 valence electrons. The number of unbranched alkanes of at least 4 members (excludes halogenated alkanes) is 1. The van der Waals surface area contributed by atoms with Crippen LogP contribution in [0.5, 0.6) is 5.75 Å². The Balaban J connectivity index is 0.000000596. The fourth-order valence-corrected chi connectivity index (χ4v) is 2.18. The molecule has 3 heterocycles. The first kappa shape index (κ1) is 20.6. The number of hydrogen-bond donors (Lipinski definition) is 0. The van der Waals surface area contributed by atoms with E-state index in [0.717, 1.165) is 34.9 Å². The molecule has 1 atom stereocenters. The van der Waals surface area contributed by atoms with E-state index in [1.54, 1.807) is 12.4 Å². The van der Waals surface area contributed by atoms with Gasteiger partial charge in [-0.2, -0.15) is 0 Å². The lowest BCUT2D eigenvalue weighted by atomic mass is 10.2. The summed E-state index contributed by atoms with van der Waals surface area (Å²) >= 11 is 0. The van der Waals surface area contributed by atoms with Crippen molar-refractivity contribution in [2.24, 2.45) is 0 Å². The highest BCUT2D eigenvalue weighted by atomic mass is 16.5. The third kappa shape index (κ3) is 6.48. The fourth-order valence-electron chi connectivity index (χ4n) is 2.18. The van der Waals surface area contributed by atoms with Crippen LogP contribution in [0.15, 0.2) is 60.9 Å². The smallest absolute Gasteiger partial charge is 0.124 e. The Kier molecular flexibility index (Phi) is 8.43. The molecule has 0 saturated carbocycles. The van der Waals surface area contributed by atoms with Crippen molar-refractivity contribution in [1.29, 1.82) is 0 Å². The van der Waals surface area contributed by atoms with Gasteiger partial charge in [0.25, 0.3) is 0 Å². The van der Waals surface area contributed by atoms with Gasteiger partial charge in [0.05, 0.1) is 28.9 Å². The Hall–Kier alpha value is -2.75. The molecule has 0 aliphatic heterocycles. The maximum absolute atomic E-state index is 5.99. The second-order valence-corrected chi connectivity index (χ2v) is 6.34. The molecular formula is C23H29N3O. The molecule has 0 aliphatic carbocycles. The lowest BCUT2D eigenvalue weighted by Crippen LogP contribution is -2.10. The largest absolute Gasteiger partial charge is 0.491 e. The molecule has 4 heteroatoms. The Bertz CT molecular complexity index is 731. The van der Waals surface area contributed by atoms with Crippen LogP contribution in [0.3, 0.4) is 0 Å². The molecular weight excluding hydrogens is 334 g/mol. The number of hydrogen-bond acceptors (Lipinski definition) is 4. The summed E-state index contributed by atoms with van der Waals surface area (Å²) in [6, 6.07) is 15.4. The fraction of sp³-hybridized carbons (Fsp3) is 0.348. The van der Waals surface area contributed by atoms with Crippen LogP contribution in [0.25, 0.3) is 22.8 Å². The van der Waals surface area contributed by atoms with Gasteiger partial charge in [-0.05, 0) is 37.6 Å². The van der Waals surface area contributed by atoms with Gasteiger partial charge in [0.1, 0.15) is 5.75 Å². The van der Waals surface area contributed by atoms with Crippen molar-refractivity contribution in [3.05, 3.63) is 60.9 Å². The first-order valence-corrected chi connectivity index (χ1v) is 9.69. The molecule has 4 nitrogen and oxygen atoms in total. The molecule has 0 aliphatic rings. The van der Waals surface area contributed by atoms with Crippen molar-refractivity contribution >= 4 is 0 Å². The van der Waals surface area contributed by atoms with Crippen molar-refractivity contribution in [2.45, 2.75) is 53.1 Å². The quantitative estimate of drug-likeness (QED) is 0.524. The van der Waals surface area contributed by atoms with Gasteiger partial charge in [-0.1, -0.05) is 45.7 Å². The molecule has 0 amide bonds. The SMILES string of the molecule is CCC(C)Oc1cc(-c2ccccn2)nc(-c2ccccn2)c1.CCCC. The Morgan fingerprint density at radius 2 is 1.30 bits per heavy atom. The maximum Gasteiger partial charge on any atom is 0.124 e. The van der Waals surface area contributed by atoms with Gasteiger partial charge in [0.15, 0.2) is 0 Å². The highest BCUT2D eigenvalue weighted by Crippen LogP contribution is 2.27. The predicted molar refractivity (Wildman–Crippen MR) is 112 cm³/mol. The van der Waals surface area contributed by atoms with Crippen molar-refractivity contribution in [1.82, 2.24) is 15.0 Å². The van der Waals surface area contributed by atoms with Crippen LogP contribution in [0.1, 0.15) is 47.0 Å². The molecule has 0 saturated heterocycles. The van der Waals surface area contributed by atoms with Crippen LogP contribution in [0.4, 0.5) is 0 Å². The zero-order valence-electron chi connectivity index (χ0n) is 16.7. The molecule has 0 N–H and O–H groups in total. The zero-order valence-corrected chi connectivity index (χ0v) is 16.7. The molecule has 3 rings (SSSR count). The van der Waals surface area contributed by atoms with E-state index in [1.807, 2.05) is 48.5 Å². The molecule has 3 aromatic rings. The van der Waals surface area contributed by atoms with Gasteiger partial charge in [-0.25, -0.2) is 4.98 Å². The minimum atomic E-state index is 0.144. The van der Waals surface area contributed by atoms with E-state index in [1.165, 1.54) is 12.8 Å². The number of ether oxygens (including phenoxy) is 1. The second kappa shape index (κ2) is 11.1. The predicted octanol–water partition coefficient (Wildman–Crippen LogP) is 6.19. The molecule has 0 fully saturated rings. The number of rotatable bonds is 6. The molecule has 0 bridgehead atoms. The number of pyridine rings is 3. The lowest BCUT2D eigenvalue weighted by Gasteiger charge is -2.14. The van der Waals surface area contributed by atoms with Crippen LogP contribution in [0.2, 0.25) is 0 Å². The average molecular weight is 364 g/mol. The first-order chi connectivity index (χ1) is 13.2. The van der Waals surface area contributed by atoms with Crippen molar-refractivity contribution in [2.75, 3.05) is 0 Å². The zero-order chi connectivity index (χ0) is 19.5. The van der Waals surface area contributed by atoms with Crippen molar-refractivity contribution in [3.63, 3.8) is 0 Å². The standard InChI is InChI=1S/C19H19N3O.C4H10/c1-3-14(2)23-15-12-18(16-8-4-6-10-20-16)22-19(13-15)17-9-5-7-11-21-17;1-3-4-2/h4-14H,3H2,1-2H3;3-4H2,1-2H3. The van der Waals surface area contributed by atoms with Gasteiger partial charge in [-0.15, -0.1) is 0 Å².